The van der Waals surface area contributed by atoms with Gasteiger partial charge in [-0.05, 0) is 18.1 Å². The average molecular weight is 185 g/mol. The van der Waals surface area contributed by atoms with Crippen LogP contribution in [0.5, 0.6) is 0 Å². The van der Waals surface area contributed by atoms with Gasteiger partial charge >= 0.3 is 0 Å². The van der Waals surface area contributed by atoms with Crippen LogP contribution in [0, 0.1) is 6.42 Å². The summed E-state index contributed by atoms with van der Waals surface area (Å²) in [5.41, 5.74) is 0.738. The first-order valence-electron chi connectivity index (χ1n) is 3.31. The Balaban J connectivity index is 3.20. The lowest BCUT2D eigenvalue weighted by molar-refractivity contribution is 0.597. The molecule has 0 saturated carbocycles. The Hall–Kier alpha value is -0.940. The number of rotatable bonds is 2. The van der Waals surface area contributed by atoms with Crippen molar-refractivity contribution in [3.05, 3.63) is 30.4 Å². The van der Waals surface area contributed by atoms with Crippen molar-refractivity contribution in [3.8, 4) is 0 Å². The maximum Gasteiger partial charge on any atom is 0.239 e. The molecule has 1 aromatic heterocycles. The van der Waals surface area contributed by atoms with Crippen LogP contribution >= 0.6 is 0 Å². The first-order valence-corrected chi connectivity index (χ1v) is 4.86. The molecule has 5 heteroatoms. The van der Waals surface area contributed by atoms with E-state index in [-0.39, 0.29) is 4.90 Å². The Kier molecular flexibility index (Phi) is 2.44. The monoisotopic (exact) mass is 185 g/mol. The molecule has 12 heavy (non-hydrogen) atoms. The van der Waals surface area contributed by atoms with Crippen molar-refractivity contribution in [1.82, 2.24) is 4.98 Å². The van der Waals surface area contributed by atoms with Crippen molar-refractivity contribution in [1.29, 1.82) is 0 Å². The zero-order valence-corrected chi connectivity index (χ0v) is 7.38. The number of pyridine rings is 1. The minimum absolute atomic E-state index is 0.0399. The summed E-state index contributed by atoms with van der Waals surface area (Å²) in [6.07, 6.45) is 4.54. The van der Waals surface area contributed by atoms with Crippen LogP contribution < -0.4 is 5.14 Å². The minimum atomic E-state index is -3.62. The molecule has 0 aliphatic rings. The van der Waals surface area contributed by atoms with Crippen LogP contribution in [0.15, 0.2) is 23.4 Å². The van der Waals surface area contributed by atoms with E-state index in [0.717, 1.165) is 5.56 Å². The topological polar surface area (TPSA) is 73.0 Å². The largest absolute Gasteiger partial charge is 0.263 e. The Morgan fingerprint density at radius 2 is 2.17 bits per heavy atom. The number of aromatic nitrogens is 1. The molecule has 1 aromatic rings. The number of sulfonamides is 1. The van der Waals surface area contributed by atoms with E-state index in [4.69, 9.17) is 5.14 Å². The van der Waals surface area contributed by atoms with Crippen molar-refractivity contribution in [3.63, 3.8) is 0 Å². The third kappa shape index (κ3) is 2.02. The van der Waals surface area contributed by atoms with Gasteiger partial charge in [-0.25, -0.2) is 13.6 Å². The molecule has 1 radical (unpaired) electrons. The number of hydrogen-bond donors (Lipinski definition) is 1. The van der Waals surface area contributed by atoms with E-state index >= 15 is 0 Å². The summed E-state index contributed by atoms with van der Waals surface area (Å²) in [6.45, 7) is 1.80. The van der Waals surface area contributed by atoms with Gasteiger partial charge in [-0.1, -0.05) is 6.92 Å². The van der Waals surface area contributed by atoms with Crippen molar-refractivity contribution in [2.24, 2.45) is 5.14 Å². The van der Waals surface area contributed by atoms with E-state index in [1.807, 2.05) is 0 Å². The van der Waals surface area contributed by atoms with Crippen molar-refractivity contribution >= 4 is 10.0 Å². The van der Waals surface area contributed by atoms with Gasteiger partial charge < -0.3 is 0 Å². The lowest BCUT2D eigenvalue weighted by atomic mass is 10.2. The molecule has 1 heterocycles. The first kappa shape index (κ1) is 9.15. The quantitative estimate of drug-likeness (QED) is 0.720. The molecule has 4 nitrogen and oxygen atoms in total. The van der Waals surface area contributed by atoms with Gasteiger partial charge in [0.05, 0.1) is 0 Å². The molecule has 0 amide bonds. The number of hydrogen-bond acceptors (Lipinski definition) is 3. The highest BCUT2D eigenvalue weighted by atomic mass is 32.2. The van der Waals surface area contributed by atoms with Crippen LogP contribution in [0.3, 0.4) is 0 Å². The highest BCUT2D eigenvalue weighted by molar-refractivity contribution is 7.89. The highest BCUT2D eigenvalue weighted by Gasteiger charge is 2.07. The van der Waals surface area contributed by atoms with Crippen molar-refractivity contribution in [2.45, 2.75) is 11.8 Å². The standard InChI is InChI=1S/C7H9N2O2S/c1-2-6-3-7(5-9-4-6)12(8,10)11/h2-5H,1H3,(H2,8,10,11). The van der Waals surface area contributed by atoms with Crippen molar-refractivity contribution in [2.75, 3.05) is 0 Å². The molecule has 0 fully saturated rings. The second kappa shape index (κ2) is 3.20. The van der Waals surface area contributed by atoms with E-state index in [2.05, 4.69) is 4.98 Å². The number of nitrogens with zero attached hydrogens (tertiary/aromatic N) is 1. The van der Waals surface area contributed by atoms with Crippen molar-refractivity contribution < 1.29 is 8.42 Å². The van der Waals surface area contributed by atoms with Gasteiger partial charge in [-0.3, -0.25) is 4.98 Å². The van der Waals surface area contributed by atoms with Crippen LogP contribution in [-0.4, -0.2) is 13.4 Å². The molecule has 0 aliphatic carbocycles. The summed E-state index contributed by atoms with van der Waals surface area (Å²) < 4.78 is 21.6. The lowest BCUT2D eigenvalue weighted by Crippen LogP contribution is -2.12. The molecule has 0 bridgehead atoms. The fourth-order valence-corrected chi connectivity index (χ4v) is 1.26. The van der Waals surface area contributed by atoms with Crippen LogP contribution in [0.2, 0.25) is 0 Å². The van der Waals surface area contributed by atoms with E-state index in [1.165, 1.54) is 12.3 Å². The summed E-state index contributed by atoms with van der Waals surface area (Å²) in [5, 5.41) is 4.90. The second-order valence-corrected chi connectivity index (χ2v) is 3.85. The fourth-order valence-electron chi connectivity index (χ4n) is 0.749. The number of nitrogens with two attached hydrogens (primary N) is 1. The molecular formula is C7H9N2O2S. The predicted molar refractivity (Wildman–Crippen MR) is 44.7 cm³/mol. The average Bonchev–Trinajstić information content (AvgIpc) is 2.03. The van der Waals surface area contributed by atoms with Gasteiger partial charge in [0.15, 0.2) is 0 Å². The van der Waals surface area contributed by atoms with E-state index in [9.17, 15) is 8.42 Å². The van der Waals surface area contributed by atoms with Crippen LogP contribution in [0.25, 0.3) is 0 Å². The Labute approximate surface area is 71.5 Å². The molecule has 2 N–H and O–H groups in total. The third-order valence-electron chi connectivity index (χ3n) is 1.40. The molecule has 0 unspecified atom stereocenters. The zero-order valence-electron chi connectivity index (χ0n) is 6.56. The van der Waals surface area contributed by atoms with E-state index < -0.39 is 10.0 Å². The smallest absolute Gasteiger partial charge is 0.239 e. The summed E-state index contributed by atoms with van der Waals surface area (Å²) in [4.78, 5) is 3.77. The molecule has 1 rings (SSSR count). The van der Waals surface area contributed by atoms with Gasteiger partial charge in [0.25, 0.3) is 0 Å². The third-order valence-corrected chi connectivity index (χ3v) is 2.28. The Morgan fingerprint density at radius 1 is 1.50 bits per heavy atom. The SMILES string of the molecule is C[CH]c1cncc(S(N)(=O)=O)c1. The lowest BCUT2D eigenvalue weighted by Gasteiger charge is -1.98. The normalized spacial score (nSPS) is 11.5. The van der Waals surface area contributed by atoms with Gasteiger partial charge in [-0.15, -0.1) is 0 Å². The first-order chi connectivity index (χ1) is 5.54. The second-order valence-electron chi connectivity index (χ2n) is 2.29. The number of primary sulfonamides is 1. The maximum absolute atomic E-state index is 10.8. The van der Waals surface area contributed by atoms with E-state index in [0.29, 0.717) is 0 Å². The van der Waals surface area contributed by atoms with E-state index in [1.54, 1.807) is 19.5 Å². The fraction of sp³-hybridized carbons (Fsp3) is 0.143. The Bertz CT molecular complexity index is 373. The molecule has 0 aromatic carbocycles. The predicted octanol–water partition coefficient (Wildman–Crippen LogP) is 0.301. The summed E-state index contributed by atoms with van der Waals surface area (Å²) >= 11 is 0. The molecule has 65 valence electrons. The Morgan fingerprint density at radius 3 is 2.67 bits per heavy atom. The molecule has 0 saturated heterocycles. The summed E-state index contributed by atoms with van der Waals surface area (Å²) in [7, 11) is -3.62. The van der Waals surface area contributed by atoms with Crippen LogP contribution in [0.4, 0.5) is 0 Å². The van der Waals surface area contributed by atoms with Gasteiger partial charge in [0.2, 0.25) is 10.0 Å². The molecule has 0 atom stereocenters. The minimum Gasteiger partial charge on any atom is -0.263 e. The van der Waals surface area contributed by atoms with Crippen LogP contribution in [-0.2, 0) is 10.0 Å². The highest BCUT2D eigenvalue weighted by Crippen LogP contribution is 2.08. The van der Waals surface area contributed by atoms with Crippen LogP contribution in [0.1, 0.15) is 12.5 Å². The molecular weight excluding hydrogens is 176 g/mol. The summed E-state index contributed by atoms with van der Waals surface area (Å²) in [5.74, 6) is 0. The maximum atomic E-state index is 10.8. The summed E-state index contributed by atoms with van der Waals surface area (Å²) in [6, 6.07) is 1.47. The van der Waals surface area contributed by atoms with Gasteiger partial charge in [-0.2, -0.15) is 0 Å². The molecule has 0 aliphatic heterocycles. The van der Waals surface area contributed by atoms with Gasteiger partial charge in [0, 0.05) is 12.4 Å². The molecule has 0 spiro atoms. The zero-order chi connectivity index (χ0) is 9.19. The van der Waals surface area contributed by atoms with Gasteiger partial charge in [0.1, 0.15) is 4.90 Å².